The standard InChI is InChI=1S/C24H42O20/c25-1-4-7(28)10(31)13(34)18(41-4)16(37)20-21(39)24(40,22-15(36)12(33)9(30)6(3-27)43-22)23(44-20)17(38)19-14(35)11(32)8(29)5(2-26)42-19/h4-23,25-40H,1-3H2/t4-,5-,6-,7-,8-,9-,10+,11+,12+,13-,14-,15-,16?,17?,18-,19-,20-,21-,22-,23-,24-/m1/s1. The molecule has 20 nitrogen and oxygen atoms in total. The maximum atomic E-state index is 12.0. The number of hydrogen-bond donors (Lipinski definition) is 16. The average molecular weight is 651 g/mol. The number of hydrogen-bond acceptors (Lipinski definition) is 20. The molecule has 44 heavy (non-hydrogen) atoms. The van der Waals surface area contributed by atoms with Gasteiger partial charge in [-0.15, -0.1) is 0 Å². The molecule has 0 aromatic rings. The highest BCUT2D eigenvalue weighted by molar-refractivity contribution is 5.18. The average Bonchev–Trinajstić information content (AvgIpc) is 3.28. The Bertz CT molecular complexity index is 941. The molecule has 2 unspecified atom stereocenters. The van der Waals surface area contributed by atoms with Gasteiger partial charge in [0.2, 0.25) is 0 Å². The first-order valence-corrected chi connectivity index (χ1v) is 13.9. The summed E-state index contributed by atoms with van der Waals surface area (Å²) >= 11 is 0. The number of ether oxygens (including phenoxy) is 4. The quantitative estimate of drug-likeness (QED) is 0.116. The summed E-state index contributed by atoms with van der Waals surface area (Å²) in [6.45, 7) is -2.83. The Hall–Kier alpha value is -0.800. The normalized spacial score (nSPS) is 55.1. The van der Waals surface area contributed by atoms with E-state index in [4.69, 9.17) is 18.9 Å². The molecule has 0 spiro atoms. The van der Waals surface area contributed by atoms with Crippen LogP contribution in [0.25, 0.3) is 0 Å². The van der Waals surface area contributed by atoms with E-state index in [0.29, 0.717) is 0 Å². The molecule has 0 amide bonds. The van der Waals surface area contributed by atoms with E-state index >= 15 is 0 Å². The summed E-state index contributed by atoms with van der Waals surface area (Å²) in [4.78, 5) is 0. The van der Waals surface area contributed by atoms with Crippen molar-refractivity contribution in [2.75, 3.05) is 19.8 Å². The summed E-state index contributed by atoms with van der Waals surface area (Å²) in [5, 5.41) is 168. The molecule has 4 rings (SSSR count). The van der Waals surface area contributed by atoms with Gasteiger partial charge in [-0.25, -0.2) is 0 Å². The molecule has 21 atom stereocenters. The van der Waals surface area contributed by atoms with E-state index in [2.05, 4.69) is 0 Å². The molecule has 4 fully saturated rings. The van der Waals surface area contributed by atoms with E-state index in [1.165, 1.54) is 0 Å². The molecule has 20 heteroatoms. The Labute approximate surface area is 248 Å². The van der Waals surface area contributed by atoms with Gasteiger partial charge in [-0.2, -0.15) is 0 Å². The summed E-state index contributed by atoms with van der Waals surface area (Å²) in [6, 6.07) is 0. The Morgan fingerprint density at radius 2 is 0.841 bits per heavy atom. The summed E-state index contributed by atoms with van der Waals surface area (Å²) in [5.74, 6) is 0. The van der Waals surface area contributed by atoms with Crippen LogP contribution in [0, 0.1) is 0 Å². The molecule has 0 bridgehead atoms. The monoisotopic (exact) mass is 650 g/mol. The van der Waals surface area contributed by atoms with Crippen LogP contribution in [0.1, 0.15) is 0 Å². The highest BCUT2D eigenvalue weighted by atomic mass is 16.6. The lowest BCUT2D eigenvalue weighted by Gasteiger charge is -2.50. The molecule has 4 aliphatic heterocycles. The molecular weight excluding hydrogens is 608 g/mol. The van der Waals surface area contributed by atoms with Gasteiger partial charge < -0.3 is 101 Å². The second kappa shape index (κ2) is 13.7. The van der Waals surface area contributed by atoms with Gasteiger partial charge in [-0.05, 0) is 0 Å². The van der Waals surface area contributed by atoms with Gasteiger partial charge in [0, 0.05) is 0 Å². The molecule has 4 saturated heterocycles. The van der Waals surface area contributed by atoms with Crippen LogP contribution in [0.2, 0.25) is 0 Å². The fourth-order valence-electron chi connectivity index (χ4n) is 6.40. The third kappa shape index (κ3) is 5.79. The zero-order chi connectivity index (χ0) is 33.0. The minimum atomic E-state index is -3.17. The van der Waals surface area contributed by atoms with Crippen molar-refractivity contribution < 1.29 is 101 Å². The van der Waals surface area contributed by atoms with Crippen molar-refractivity contribution in [3.63, 3.8) is 0 Å². The Morgan fingerprint density at radius 1 is 0.455 bits per heavy atom. The zero-order valence-corrected chi connectivity index (χ0v) is 23.0. The smallest absolute Gasteiger partial charge is 0.150 e. The largest absolute Gasteiger partial charge is 0.394 e. The van der Waals surface area contributed by atoms with Crippen LogP contribution < -0.4 is 0 Å². The second-order valence-corrected chi connectivity index (χ2v) is 11.7. The lowest BCUT2D eigenvalue weighted by atomic mass is 9.74. The SMILES string of the molecule is OC[C@H]1O[C@@H]([C@@]2(O)[C@@H](C(O)[C@@H]3O[C@H](CO)[C@@H](O)[C@H](O)[C@H]3O)O[C@H](C(O)[C@@H]3O[C@H](CO)[C@@H](O)[C@H](O)[C@H]3O)[C@H]2O)[C@H](O)[C@@H](O)[C@@H]1O. The summed E-state index contributed by atoms with van der Waals surface area (Å²) in [6.07, 6.45) is -41.1. The highest BCUT2D eigenvalue weighted by Gasteiger charge is 2.69. The number of rotatable bonds is 8. The number of aliphatic hydroxyl groups is 16. The van der Waals surface area contributed by atoms with Gasteiger partial charge in [0.05, 0.1) is 19.8 Å². The van der Waals surface area contributed by atoms with Crippen LogP contribution in [0.5, 0.6) is 0 Å². The van der Waals surface area contributed by atoms with Gasteiger partial charge >= 0.3 is 0 Å². The van der Waals surface area contributed by atoms with E-state index in [1.807, 2.05) is 0 Å². The summed E-state index contributed by atoms with van der Waals surface area (Å²) in [7, 11) is 0. The molecule has 0 radical (unpaired) electrons. The van der Waals surface area contributed by atoms with Crippen LogP contribution in [0.4, 0.5) is 0 Å². The molecular formula is C24H42O20. The lowest BCUT2D eigenvalue weighted by Crippen LogP contribution is -2.73. The van der Waals surface area contributed by atoms with E-state index in [9.17, 15) is 81.7 Å². The second-order valence-electron chi connectivity index (χ2n) is 11.7. The summed E-state index contributed by atoms with van der Waals surface area (Å²) < 4.78 is 21.7. The third-order valence-electron chi connectivity index (χ3n) is 9.07. The lowest BCUT2D eigenvalue weighted by molar-refractivity contribution is -0.303. The predicted octanol–water partition coefficient (Wildman–Crippen LogP) is -10.9. The van der Waals surface area contributed by atoms with E-state index in [0.717, 1.165) is 0 Å². The maximum absolute atomic E-state index is 12.0. The van der Waals surface area contributed by atoms with Gasteiger partial charge in [-0.1, -0.05) is 0 Å². The van der Waals surface area contributed by atoms with Crippen LogP contribution in [0.3, 0.4) is 0 Å². The molecule has 0 saturated carbocycles. The fraction of sp³-hybridized carbons (Fsp3) is 1.00. The van der Waals surface area contributed by atoms with Crippen molar-refractivity contribution in [3.05, 3.63) is 0 Å². The molecule has 4 aliphatic rings. The number of aliphatic hydroxyl groups excluding tert-OH is 15. The van der Waals surface area contributed by atoms with E-state index in [1.54, 1.807) is 0 Å². The van der Waals surface area contributed by atoms with Gasteiger partial charge in [-0.3, -0.25) is 0 Å². The van der Waals surface area contributed by atoms with E-state index < -0.39 is 148 Å². The first-order valence-electron chi connectivity index (χ1n) is 13.9. The van der Waals surface area contributed by atoms with Crippen molar-refractivity contribution in [1.29, 1.82) is 0 Å². The minimum absolute atomic E-state index is 0.907. The van der Waals surface area contributed by atoms with Gasteiger partial charge in [0.1, 0.15) is 122 Å². The molecule has 0 aromatic carbocycles. The molecule has 0 aromatic heterocycles. The van der Waals surface area contributed by atoms with Crippen molar-refractivity contribution in [2.45, 2.75) is 128 Å². The van der Waals surface area contributed by atoms with E-state index in [-0.39, 0.29) is 0 Å². The van der Waals surface area contributed by atoms with Crippen LogP contribution in [-0.4, -0.2) is 229 Å². The van der Waals surface area contributed by atoms with Crippen molar-refractivity contribution in [2.24, 2.45) is 0 Å². The first-order chi connectivity index (χ1) is 20.6. The zero-order valence-electron chi connectivity index (χ0n) is 23.0. The minimum Gasteiger partial charge on any atom is -0.394 e. The van der Waals surface area contributed by atoms with Crippen LogP contribution in [-0.2, 0) is 18.9 Å². The fourth-order valence-corrected chi connectivity index (χ4v) is 6.40. The molecule has 4 heterocycles. The molecule has 16 N–H and O–H groups in total. The Morgan fingerprint density at radius 3 is 1.27 bits per heavy atom. The Kier molecular flexibility index (Phi) is 11.3. The maximum Gasteiger partial charge on any atom is 0.150 e. The first kappa shape index (κ1) is 36.0. The van der Waals surface area contributed by atoms with Crippen LogP contribution >= 0.6 is 0 Å². The van der Waals surface area contributed by atoms with Crippen LogP contribution in [0.15, 0.2) is 0 Å². The topological polar surface area (TPSA) is 361 Å². The summed E-state index contributed by atoms with van der Waals surface area (Å²) in [5.41, 5.74) is -3.17. The highest BCUT2D eigenvalue weighted by Crippen LogP contribution is 2.45. The molecule has 0 aliphatic carbocycles. The Balaban J connectivity index is 1.74. The van der Waals surface area contributed by atoms with Gasteiger partial charge in [0.15, 0.2) is 5.60 Å². The van der Waals surface area contributed by atoms with Crippen molar-refractivity contribution >= 4 is 0 Å². The van der Waals surface area contributed by atoms with Crippen molar-refractivity contribution in [1.82, 2.24) is 0 Å². The third-order valence-corrected chi connectivity index (χ3v) is 9.07. The van der Waals surface area contributed by atoms with Gasteiger partial charge in [0.25, 0.3) is 0 Å². The predicted molar refractivity (Wildman–Crippen MR) is 133 cm³/mol. The van der Waals surface area contributed by atoms with Crippen molar-refractivity contribution in [3.8, 4) is 0 Å². The molecule has 258 valence electrons.